The highest BCUT2D eigenvalue weighted by molar-refractivity contribution is 6.39. The molecule has 102 valence electrons. The molecule has 0 atom stereocenters. The van der Waals surface area contributed by atoms with Crippen molar-refractivity contribution in [3.8, 4) is 0 Å². The Morgan fingerprint density at radius 2 is 1.84 bits per heavy atom. The molecule has 2 rings (SSSR count). The normalized spacial score (nSPS) is 11.1. The summed E-state index contributed by atoms with van der Waals surface area (Å²) in [6, 6.07) is 2.66. The van der Waals surface area contributed by atoms with Crippen molar-refractivity contribution in [3.05, 3.63) is 39.9 Å². The number of rotatable bonds is 3. The van der Waals surface area contributed by atoms with Crippen molar-refractivity contribution in [2.45, 2.75) is 26.8 Å². The standard InChI is InChI=1S/C13H14Cl2FN3/c1-7(2)19-6-8(3)17-13(19)18-12-10(14)4-9(16)5-11(12)15/h4-7H,1-3H3,(H,17,18). The maximum absolute atomic E-state index is 13.1. The van der Waals surface area contributed by atoms with Gasteiger partial charge >= 0.3 is 0 Å². The second kappa shape index (κ2) is 5.39. The van der Waals surface area contributed by atoms with Crippen LogP contribution in [0.2, 0.25) is 10.0 Å². The average molecular weight is 302 g/mol. The molecule has 0 aliphatic carbocycles. The van der Waals surface area contributed by atoms with Crippen LogP contribution in [0.3, 0.4) is 0 Å². The Morgan fingerprint density at radius 1 is 1.26 bits per heavy atom. The molecule has 0 radical (unpaired) electrons. The van der Waals surface area contributed by atoms with Gasteiger partial charge in [-0.25, -0.2) is 9.37 Å². The lowest BCUT2D eigenvalue weighted by Gasteiger charge is -2.14. The first-order chi connectivity index (χ1) is 8.88. The molecular weight excluding hydrogens is 288 g/mol. The number of benzene rings is 1. The second-order valence-electron chi connectivity index (χ2n) is 4.58. The Morgan fingerprint density at radius 3 is 2.37 bits per heavy atom. The van der Waals surface area contributed by atoms with Crippen LogP contribution >= 0.6 is 23.2 Å². The Kier molecular flexibility index (Phi) is 4.02. The number of hydrogen-bond acceptors (Lipinski definition) is 2. The molecule has 0 bridgehead atoms. The van der Waals surface area contributed by atoms with Gasteiger partial charge in [-0.15, -0.1) is 0 Å². The minimum absolute atomic E-state index is 0.223. The van der Waals surface area contributed by atoms with Crippen LogP contribution in [0.25, 0.3) is 0 Å². The smallest absolute Gasteiger partial charge is 0.207 e. The number of aromatic nitrogens is 2. The number of nitrogens with one attached hydrogen (secondary N) is 1. The lowest BCUT2D eigenvalue weighted by molar-refractivity contribution is 0.607. The molecule has 0 spiro atoms. The molecule has 1 N–H and O–H groups in total. The monoisotopic (exact) mass is 301 g/mol. The highest BCUT2D eigenvalue weighted by Gasteiger charge is 2.13. The first-order valence-electron chi connectivity index (χ1n) is 5.85. The molecular formula is C13H14Cl2FN3. The zero-order valence-corrected chi connectivity index (χ0v) is 12.3. The van der Waals surface area contributed by atoms with Crippen molar-refractivity contribution in [2.24, 2.45) is 0 Å². The van der Waals surface area contributed by atoms with Crippen LogP contribution in [-0.2, 0) is 0 Å². The number of hydrogen-bond donors (Lipinski definition) is 1. The van der Waals surface area contributed by atoms with Gasteiger partial charge < -0.3 is 9.88 Å². The number of imidazole rings is 1. The fourth-order valence-electron chi connectivity index (χ4n) is 1.78. The fraction of sp³-hybridized carbons (Fsp3) is 0.308. The summed E-state index contributed by atoms with van der Waals surface area (Å²) >= 11 is 12.0. The molecule has 2 aromatic rings. The number of anilines is 2. The molecule has 0 saturated heterocycles. The van der Waals surface area contributed by atoms with E-state index >= 15 is 0 Å². The lowest BCUT2D eigenvalue weighted by atomic mass is 10.3. The molecule has 0 saturated carbocycles. The first-order valence-corrected chi connectivity index (χ1v) is 6.61. The van der Waals surface area contributed by atoms with E-state index in [4.69, 9.17) is 23.2 Å². The Bertz CT molecular complexity index is 585. The molecule has 0 amide bonds. The molecule has 0 aliphatic heterocycles. The van der Waals surface area contributed by atoms with E-state index < -0.39 is 5.82 Å². The minimum atomic E-state index is -0.469. The quantitative estimate of drug-likeness (QED) is 0.868. The molecule has 19 heavy (non-hydrogen) atoms. The van der Waals surface area contributed by atoms with Crippen molar-refractivity contribution in [3.63, 3.8) is 0 Å². The van der Waals surface area contributed by atoms with Gasteiger partial charge in [-0.2, -0.15) is 0 Å². The summed E-state index contributed by atoms with van der Waals surface area (Å²) in [7, 11) is 0. The van der Waals surface area contributed by atoms with E-state index in [1.807, 2.05) is 31.5 Å². The summed E-state index contributed by atoms with van der Waals surface area (Å²) in [6.07, 6.45) is 1.93. The van der Waals surface area contributed by atoms with Crippen LogP contribution in [0.5, 0.6) is 0 Å². The highest BCUT2D eigenvalue weighted by atomic mass is 35.5. The van der Waals surface area contributed by atoms with Gasteiger partial charge in [0.25, 0.3) is 0 Å². The summed E-state index contributed by atoms with van der Waals surface area (Å²) in [6.45, 7) is 5.98. The molecule has 1 aromatic carbocycles. The van der Waals surface area contributed by atoms with E-state index in [0.717, 1.165) is 5.69 Å². The van der Waals surface area contributed by atoms with Crippen LogP contribution < -0.4 is 5.32 Å². The molecule has 0 aliphatic rings. The summed E-state index contributed by atoms with van der Waals surface area (Å²) in [4.78, 5) is 4.37. The Hall–Kier alpha value is -1.26. The van der Waals surface area contributed by atoms with Crippen LogP contribution in [0.4, 0.5) is 16.0 Å². The third kappa shape index (κ3) is 3.01. The van der Waals surface area contributed by atoms with Crippen LogP contribution in [0, 0.1) is 12.7 Å². The van der Waals surface area contributed by atoms with Gasteiger partial charge in [0.1, 0.15) is 5.82 Å². The zero-order chi connectivity index (χ0) is 14.2. The van der Waals surface area contributed by atoms with Crippen LogP contribution in [-0.4, -0.2) is 9.55 Å². The van der Waals surface area contributed by atoms with Crippen molar-refractivity contribution in [1.29, 1.82) is 0 Å². The third-order valence-corrected chi connectivity index (χ3v) is 3.25. The zero-order valence-electron chi connectivity index (χ0n) is 10.8. The molecule has 6 heteroatoms. The first kappa shape index (κ1) is 14.2. The number of aryl methyl sites for hydroxylation is 1. The van der Waals surface area contributed by atoms with Gasteiger partial charge in [-0.3, -0.25) is 0 Å². The minimum Gasteiger partial charge on any atom is -0.323 e. The Balaban J connectivity index is 2.42. The van der Waals surface area contributed by atoms with E-state index in [-0.39, 0.29) is 16.1 Å². The Labute approximate surface area is 121 Å². The summed E-state index contributed by atoms with van der Waals surface area (Å²) in [5, 5.41) is 3.51. The van der Waals surface area contributed by atoms with Crippen LogP contribution in [0.1, 0.15) is 25.6 Å². The van der Waals surface area contributed by atoms with E-state index in [2.05, 4.69) is 10.3 Å². The van der Waals surface area contributed by atoms with Crippen LogP contribution in [0.15, 0.2) is 18.3 Å². The van der Waals surface area contributed by atoms with Gasteiger partial charge in [-0.05, 0) is 32.9 Å². The van der Waals surface area contributed by atoms with Gasteiger partial charge in [0.05, 0.1) is 21.4 Å². The van der Waals surface area contributed by atoms with Crippen molar-refractivity contribution in [1.82, 2.24) is 9.55 Å². The second-order valence-corrected chi connectivity index (χ2v) is 5.39. The number of nitrogens with zero attached hydrogens (tertiary/aromatic N) is 2. The predicted molar refractivity (Wildman–Crippen MR) is 77.1 cm³/mol. The lowest BCUT2D eigenvalue weighted by Crippen LogP contribution is -2.05. The van der Waals surface area contributed by atoms with E-state index in [0.29, 0.717) is 11.6 Å². The van der Waals surface area contributed by atoms with Crippen molar-refractivity contribution < 1.29 is 4.39 Å². The summed E-state index contributed by atoms with van der Waals surface area (Å²) < 4.78 is 15.1. The molecule has 1 aromatic heterocycles. The maximum Gasteiger partial charge on any atom is 0.207 e. The highest BCUT2D eigenvalue weighted by Crippen LogP contribution is 2.34. The average Bonchev–Trinajstić information content (AvgIpc) is 2.65. The molecule has 0 unspecified atom stereocenters. The summed E-state index contributed by atoms with van der Waals surface area (Å²) in [5.41, 5.74) is 1.34. The van der Waals surface area contributed by atoms with Gasteiger partial charge in [-0.1, -0.05) is 23.2 Å². The van der Waals surface area contributed by atoms with E-state index in [1.165, 1.54) is 12.1 Å². The van der Waals surface area contributed by atoms with Gasteiger partial charge in [0.2, 0.25) is 5.95 Å². The third-order valence-electron chi connectivity index (χ3n) is 2.65. The van der Waals surface area contributed by atoms with E-state index in [9.17, 15) is 4.39 Å². The maximum atomic E-state index is 13.1. The topological polar surface area (TPSA) is 29.9 Å². The van der Waals surface area contributed by atoms with Crippen molar-refractivity contribution in [2.75, 3.05) is 5.32 Å². The van der Waals surface area contributed by atoms with E-state index in [1.54, 1.807) is 0 Å². The molecule has 0 fully saturated rings. The SMILES string of the molecule is Cc1cn(C(C)C)c(Nc2c(Cl)cc(F)cc2Cl)n1. The van der Waals surface area contributed by atoms with Crippen molar-refractivity contribution >= 4 is 34.8 Å². The number of halogens is 3. The molecule has 1 heterocycles. The predicted octanol–water partition coefficient (Wildman–Crippen LogP) is 4.96. The van der Waals surface area contributed by atoms with Gasteiger partial charge in [0.15, 0.2) is 0 Å². The largest absolute Gasteiger partial charge is 0.323 e. The molecule has 3 nitrogen and oxygen atoms in total. The summed E-state index contributed by atoms with van der Waals surface area (Å²) in [5.74, 6) is 0.159. The van der Waals surface area contributed by atoms with Gasteiger partial charge in [0, 0.05) is 12.2 Å². The fourth-order valence-corrected chi connectivity index (χ4v) is 2.33.